The first-order chi connectivity index (χ1) is 12.5. The van der Waals surface area contributed by atoms with Crippen molar-refractivity contribution >= 4 is 35.5 Å². The van der Waals surface area contributed by atoms with Crippen LogP contribution in [0, 0.1) is 0 Å². The van der Waals surface area contributed by atoms with Gasteiger partial charge in [-0.1, -0.05) is 18.2 Å². The van der Waals surface area contributed by atoms with Crippen LogP contribution in [-0.4, -0.2) is 36.8 Å². The number of carbonyl (C=O) groups excluding carboxylic acids is 1. The zero-order valence-electron chi connectivity index (χ0n) is 14.3. The van der Waals surface area contributed by atoms with Gasteiger partial charge in [0.05, 0.1) is 12.2 Å². The SMILES string of the molecule is CN(CC=O)c1cccc(-c2ccc3c(c2)C=C(C(=O)O)CC(N)=N3)c1. The van der Waals surface area contributed by atoms with Crippen molar-refractivity contribution < 1.29 is 14.7 Å². The first-order valence-corrected chi connectivity index (χ1v) is 8.14. The summed E-state index contributed by atoms with van der Waals surface area (Å²) in [5.41, 5.74) is 10.2. The number of amidine groups is 1. The Kier molecular flexibility index (Phi) is 4.84. The normalized spacial score (nSPS) is 13.1. The van der Waals surface area contributed by atoms with Crippen molar-refractivity contribution in [3.05, 3.63) is 53.6 Å². The van der Waals surface area contributed by atoms with Crippen molar-refractivity contribution in [3.63, 3.8) is 0 Å². The summed E-state index contributed by atoms with van der Waals surface area (Å²) in [6.07, 6.45) is 2.59. The van der Waals surface area contributed by atoms with E-state index in [0.29, 0.717) is 17.8 Å². The molecule has 0 fully saturated rings. The third kappa shape index (κ3) is 3.64. The lowest BCUT2D eigenvalue weighted by atomic mass is 10.00. The van der Waals surface area contributed by atoms with Gasteiger partial charge in [0.2, 0.25) is 0 Å². The molecule has 6 nitrogen and oxygen atoms in total. The fourth-order valence-corrected chi connectivity index (χ4v) is 2.86. The first-order valence-electron chi connectivity index (χ1n) is 8.14. The van der Waals surface area contributed by atoms with Crippen molar-refractivity contribution in [1.82, 2.24) is 0 Å². The molecule has 0 saturated carbocycles. The summed E-state index contributed by atoms with van der Waals surface area (Å²) in [6, 6.07) is 13.5. The molecule has 0 unspecified atom stereocenters. The van der Waals surface area contributed by atoms with Crippen molar-refractivity contribution in [2.45, 2.75) is 6.42 Å². The molecule has 1 heterocycles. The minimum absolute atomic E-state index is 0.116. The smallest absolute Gasteiger partial charge is 0.332 e. The van der Waals surface area contributed by atoms with E-state index in [1.165, 1.54) is 0 Å². The van der Waals surface area contributed by atoms with E-state index in [1.54, 1.807) is 6.08 Å². The highest BCUT2D eigenvalue weighted by Gasteiger charge is 2.15. The van der Waals surface area contributed by atoms with Crippen LogP contribution in [-0.2, 0) is 9.59 Å². The number of carbonyl (C=O) groups is 2. The molecule has 0 atom stereocenters. The monoisotopic (exact) mass is 349 g/mol. The Morgan fingerprint density at radius 1 is 1.27 bits per heavy atom. The molecule has 0 amide bonds. The number of fused-ring (bicyclic) bond motifs is 1. The topological polar surface area (TPSA) is 96.0 Å². The van der Waals surface area contributed by atoms with E-state index in [2.05, 4.69) is 4.99 Å². The summed E-state index contributed by atoms with van der Waals surface area (Å²) in [7, 11) is 1.85. The minimum atomic E-state index is -1.00. The van der Waals surface area contributed by atoms with Gasteiger partial charge in [0, 0.05) is 30.3 Å². The summed E-state index contributed by atoms with van der Waals surface area (Å²) in [6.45, 7) is 0.312. The Labute approximate surface area is 151 Å². The number of nitrogens with two attached hydrogens (primary N) is 1. The molecule has 1 aliphatic rings. The Balaban J connectivity index is 2.04. The lowest BCUT2D eigenvalue weighted by Gasteiger charge is -2.17. The maximum absolute atomic E-state index is 11.4. The third-order valence-corrected chi connectivity index (χ3v) is 4.24. The van der Waals surface area contributed by atoms with Gasteiger partial charge in [-0.25, -0.2) is 9.79 Å². The number of aldehydes is 1. The lowest BCUT2D eigenvalue weighted by molar-refractivity contribution is -0.132. The number of rotatable bonds is 5. The molecule has 1 aliphatic heterocycles. The van der Waals surface area contributed by atoms with E-state index in [1.807, 2.05) is 54.4 Å². The standard InChI is InChI=1S/C20H19N3O3/c1-23(7-8-24)17-4-2-3-13(11-17)14-5-6-18-15(9-14)10-16(20(25)26)12-19(21)22-18/h2-6,8-11H,7,12H2,1H3,(H2,21,22)(H,25,26). The van der Waals surface area contributed by atoms with Gasteiger partial charge in [-0.3, -0.25) is 0 Å². The highest BCUT2D eigenvalue weighted by molar-refractivity contribution is 6.02. The molecule has 132 valence electrons. The molecule has 26 heavy (non-hydrogen) atoms. The Bertz CT molecular complexity index is 932. The van der Waals surface area contributed by atoms with Gasteiger partial charge in [0.1, 0.15) is 12.1 Å². The van der Waals surface area contributed by atoms with E-state index in [-0.39, 0.29) is 17.8 Å². The van der Waals surface area contributed by atoms with Crippen molar-refractivity contribution in [2.75, 3.05) is 18.5 Å². The van der Waals surface area contributed by atoms with Crippen LogP contribution < -0.4 is 10.6 Å². The van der Waals surface area contributed by atoms with Crippen LogP contribution in [0.3, 0.4) is 0 Å². The molecule has 0 radical (unpaired) electrons. The van der Waals surface area contributed by atoms with Gasteiger partial charge in [0.15, 0.2) is 0 Å². The zero-order valence-corrected chi connectivity index (χ0v) is 14.3. The molecular formula is C20H19N3O3. The number of benzene rings is 2. The van der Waals surface area contributed by atoms with Crippen LogP contribution in [0.2, 0.25) is 0 Å². The van der Waals surface area contributed by atoms with Gasteiger partial charge < -0.3 is 20.5 Å². The van der Waals surface area contributed by atoms with Crippen LogP contribution in [0.25, 0.3) is 17.2 Å². The van der Waals surface area contributed by atoms with E-state index < -0.39 is 5.97 Å². The largest absolute Gasteiger partial charge is 0.478 e. The Morgan fingerprint density at radius 2 is 2.04 bits per heavy atom. The molecule has 3 N–H and O–H groups in total. The number of hydrogen-bond acceptors (Lipinski definition) is 5. The molecule has 0 aromatic heterocycles. The van der Waals surface area contributed by atoms with Gasteiger partial charge in [0.25, 0.3) is 0 Å². The van der Waals surface area contributed by atoms with E-state index >= 15 is 0 Å². The zero-order chi connectivity index (χ0) is 18.7. The van der Waals surface area contributed by atoms with Gasteiger partial charge in [-0.15, -0.1) is 0 Å². The van der Waals surface area contributed by atoms with Crippen LogP contribution in [0.5, 0.6) is 0 Å². The summed E-state index contributed by atoms with van der Waals surface area (Å²) in [4.78, 5) is 28.3. The average molecular weight is 349 g/mol. The first kappa shape index (κ1) is 17.4. The number of carboxylic acid groups (broad SMARTS) is 1. The highest BCUT2D eigenvalue weighted by Crippen LogP contribution is 2.32. The summed E-state index contributed by atoms with van der Waals surface area (Å²) in [5.74, 6) is -0.721. The maximum atomic E-state index is 11.4. The highest BCUT2D eigenvalue weighted by atomic mass is 16.4. The number of anilines is 1. The van der Waals surface area contributed by atoms with Crippen LogP contribution in [0.1, 0.15) is 12.0 Å². The molecule has 0 spiro atoms. The number of hydrogen-bond donors (Lipinski definition) is 2. The molecule has 0 bridgehead atoms. The average Bonchev–Trinajstić information content (AvgIpc) is 2.79. The van der Waals surface area contributed by atoms with Crippen molar-refractivity contribution in [2.24, 2.45) is 10.7 Å². The molecule has 6 heteroatoms. The number of aliphatic imine (C=N–C) groups is 1. The second-order valence-electron chi connectivity index (χ2n) is 6.13. The van der Waals surface area contributed by atoms with E-state index in [4.69, 9.17) is 5.73 Å². The molecular weight excluding hydrogens is 330 g/mol. The van der Waals surface area contributed by atoms with Gasteiger partial charge in [-0.2, -0.15) is 0 Å². The van der Waals surface area contributed by atoms with Gasteiger partial charge in [-0.05, 0) is 41.5 Å². The van der Waals surface area contributed by atoms with Crippen molar-refractivity contribution in [3.8, 4) is 11.1 Å². The Morgan fingerprint density at radius 3 is 2.77 bits per heavy atom. The second kappa shape index (κ2) is 7.23. The van der Waals surface area contributed by atoms with Crippen LogP contribution in [0.4, 0.5) is 11.4 Å². The minimum Gasteiger partial charge on any atom is -0.478 e. The molecule has 3 rings (SSSR count). The van der Waals surface area contributed by atoms with Gasteiger partial charge >= 0.3 is 5.97 Å². The maximum Gasteiger partial charge on any atom is 0.332 e. The van der Waals surface area contributed by atoms with E-state index in [9.17, 15) is 14.7 Å². The third-order valence-electron chi connectivity index (χ3n) is 4.24. The number of carboxylic acids is 1. The molecule has 0 aliphatic carbocycles. The van der Waals surface area contributed by atoms with Crippen molar-refractivity contribution in [1.29, 1.82) is 0 Å². The second-order valence-corrected chi connectivity index (χ2v) is 6.13. The molecule has 0 saturated heterocycles. The number of aliphatic carboxylic acids is 1. The summed E-state index contributed by atoms with van der Waals surface area (Å²) >= 11 is 0. The molecule has 2 aromatic rings. The van der Waals surface area contributed by atoms with Crippen LogP contribution in [0.15, 0.2) is 53.0 Å². The lowest BCUT2D eigenvalue weighted by Crippen LogP contribution is -2.19. The summed E-state index contributed by atoms with van der Waals surface area (Å²) in [5, 5.41) is 9.33. The quantitative estimate of drug-likeness (QED) is 0.809. The molecule has 2 aromatic carbocycles. The fourth-order valence-electron chi connectivity index (χ4n) is 2.86. The predicted molar refractivity (Wildman–Crippen MR) is 103 cm³/mol. The predicted octanol–water partition coefficient (Wildman–Crippen LogP) is 2.85. The number of likely N-dealkylation sites (N-methyl/N-ethyl adjacent to an activating group) is 1. The number of nitrogens with zero attached hydrogens (tertiary/aromatic N) is 2. The van der Waals surface area contributed by atoms with E-state index in [0.717, 1.165) is 23.1 Å². The van der Waals surface area contributed by atoms with Crippen LogP contribution >= 0.6 is 0 Å². The Hall–Kier alpha value is -3.41. The fraction of sp³-hybridized carbons (Fsp3) is 0.150. The summed E-state index contributed by atoms with van der Waals surface area (Å²) < 4.78 is 0.